The van der Waals surface area contributed by atoms with Crippen molar-refractivity contribution in [2.24, 2.45) is 11.3 Å². The molecule has 0 spiro atoms. The summed E-state index contributed by atoms with van der Waals surface area (Å²) in [6.45, 7) is 3.45. The Morgan fingerprint density at radius 1 is 1.29 bits per heavy atom. The van der Waals surface area contributed by atoms with Crippen LogP contribution >= 0.6 is 0 Å². The third-order valence-electron chi connectivity index (χ3n) is 3.65. The summed E-state index contributed by atoms with van der Waals surface area (Å²) in [5, 5.41) is 11.6. The van der Waals surface area contributed by atoms with Gasteiger partial charge < -0.3 is 10.4 Å². The van der Waals surface area contributed by atoms with Crippen LogP contribution in [-0.4, -0.2) is 23.5 Å². The molecular formula is C13H23NO3. The van der Waals surface area contributed by atoms with E-state index in [1.165, 1.54) is 39.5 Å². The molecule has 4 heteroatoms. The van der Waals surface area contributed by atoms with Gasteiger partial charge in [0, 0.05) is 6.54 Å². The van der Waals surface area contributed by atoms with E-state index in [1.54, 1.807) is 0 Å². The molecule has 1 amide bonds. The lowest BCUT2D eigenvalue weighted by molar-refractivity contribution is -0.153. The first kappa shape index (κ1) is 14.0. The topological polar surface area (TPSA) is 66.4 Å². The van der Waals surface area contributed by atoms with Gasteiger partial charge in [-0.05, 0) is 32.6 Å². The predicted octanol–water partition coefficient (Wildman–Crippen LogP) is 2.18. The van der Waals surface area contributed by atoms with Gasteiger partial charge in [0.2, 0.25) is 5.91 Å². The Bertz CT molecular complexity index is 280. The summed E-state index contributed by atoms with van der Waals surface area (Å²) in [5.74, 6) is -0.651. The Labute approximate surface area is 103 Å². The first-order chi connectivity index (χ1) is 7.94. The number of aliphatic carboxylic acids is 1. The highest BCUT2D eigenvalue weighted by molar-refractivity contribution is 6.00. The minimum Gasteiger partial charge on any atom is -0.480 e. The zero-order valence-corrected chi connectivity index (χ0v) is 10.8. The normalized spacial score (nSPS) is 17.1. The number of carbonyl (C=O) groups is 2. The van der Waals surface area contributed by atoms with Gasteiger partial charge in [0.15, 0.2) is 0 Å². The van der Waals surface area contributed by atoms with Crippen molar-refractivity contribution in [1.82, 2.24) is 5.32 Å². The molecular weight excluding hydrogens is 218 g/mol. The van der Waals surface area contributed by atoms with Crippen LogP contribution in [0.1, 0.15) is 52.4 Å². The summed E-state index contributed by atoms with van der Waals surface area (Å²) in [4.78, 5) is 22.5. The molecule has 0 bridgehead atoms. The van der Waals surface area contributed by atoms with E-state index in [4.69, 9.17) is 5.11 Å². The molecule has 98 valence electrons. The van der Waals surface area contributed by atoms with Crippen molar-refractivity contribution in [3.63, 3.8) is 0 Å². The summed E-state index contributed by atoms with van der Waals surface area (Å²) in [6, 6.07) is 0. The maximum atomic E-state index is 11.6. The summed E-state index contributed by atoms with van der Waals surface area (Å²) >= 11 is 0. The first-order valence-corrected chi connectivity index (χ1v) is 6.46. The highest BCUT2D eigenvalue weighted by Crippen LogP contribution is 2.28. The summed E-state index contributed by atoms with van der Waals surface area (Å²) in [6.07, 6.45) is 7.40. The molecule has 0 radical (unpaired) electrons. The van der Waals surface area contributed by atoms with E-state index in [9.17, 15) is 9.59 Å². The molecule has 1 rings (SSSR count). The van der Waals surface area contributed by atoms with Crippen molar-refractivity contribution in [2.75, 3.05) is 6.54 Å². The van der Waals surface area contributed by atoms with Crippen molar-refractivity contribution >= 4 is 11.9 Å². The van der Waals surface area contributed by atoms with E-state index in [2.05, 4.69) is 5.32 Å². The van der Waals surface area contributed by atoms with Gasteiger partial charge in [-0.2, -0.15) is 0 Å². The number of hydrogen-bond donors (Lipinski definition) is 2. The van der Waals surface area contributed by atoms with E-state index < -0.39 is 17.3 Å². The van der Waals surface area contributed by atoms with Crippen LogP contribution in [0.2, 0.25) is 0 Å². The fourth-order valence-corrected chi connectivity index (χ4v) is 2.21. The first-order valence-electron chi connectivity index (χ1n) is 6.46. The molecule has 0 atom stereocenters. The smallest absolute Gasteiger partial charge is 0.318 e. The molecule has 17 heavy (non-hydrogen) atoms. The average Bonchev–Trinajstić information content (AvgIpc) is 2.76. The lowest BCUT2D eigenvalue weighted by Crippen LogP contribution is -2.42. The van der Waals surface area contributed by atoms with Crippen molar-refractivity contribution in [1.29, 1.82) is 0 Å². The van der Waals surface area contributed by atoms with Gasteiger partial charge in [0.1, 0.15) is 5.41 Å². The SMILES string of the molecule is CC(C)(C(=O)O)C(=O)NCCCC1CCCC1. The van der Waals surface area contributed by atoms with E-state index >= 15 is 0 Å². The van der Waals surface area contributed by atoms with Crippen LogP contribution in [0.5, 0.6) is 0 Å². The number of hydrogen-bond acceptors (Lipinski definition) is 2. The van der Waals surface area contributed by atoms with Gasteiger partial charge in [-0.15, -0.1) is 0 Å². The van der Waals surface area contributed by atoms with Crippen molar-refractivity contribution in [3.8, 4) is 0 Å². The maximum Gasteiger partial charge on any atom is 0.318 e. The van der Waals surface area contributed by atoms with Gasteiger partial charge >= 0.3 is 5.97 Å². The lowest BCUT2D eigenvalue weighted by Gasteiger charge is -2.18. The predicted molar refractivity (Wildman–Crippen MR) is 65.6 cm³/mol. The highest BCUT2D eigenvalue weighted by Gasteiger charge is 2.35. The minimum absolute atomic E-state index is 0.392. The zero-order valence-electron chi connectivity index (χ0n) is 10.8. The second kappa shape index (κ2) is 6.03. The third-order valence-corrected chi connectivity index (χ3v) is 3.65. The zero-order chi connectivity index (χ0) is 12.9. The van der Waals surface area contributed by atoms with E-state index in [1.807, 2.05) is 0 Å². The molecule has 0 aromatic rings. The standard InChI is InChI=1S/C13H23NO3/c1-13(2,12(16)17)11(15)14-9-5-8-10-6-3-4-7-10/h10H,3-9H2,1-2H3,(H,14,15)(H,16,17). The molecule has 1 fully saturated rings. The number of rotatable bonds is 6. The van der Waals surface area contributed by atoms with Crippen molar-refractivity contribution in [2.45, 2.75) is 52.4 Å². The third kappa shape index (κ3) is 4.02. The van der Waals surface area contributed by atoms with Crippen LogP contribution in [0, 0.1) is 11.3 Å². The Balaban J connectivity index is 2.17. The molecule has 0 unspecified atom stereocenters. The van der Waals surface area contributed by atoms with Gasteiger partial charge in [-0.25, -0.2) is 0 Å². The summed E-state index contributed by atoms with van der Waals surface area (Å²) in [7, 11) is 0. The lowest BCUT2D eigenvalue weighted by atomic mass is 9.92. The van der Waals surface area contributed by atoms with Crippen LogP contribution in [0.4, 0.5) is 0 Å². The van der Waals surface area contributed by atoms with Gasteiger partial charge in [-0.3, -0.25) is 9.59 Å². The highest BCUT2D eigenvalue weighted by atomic mass is 16.4. The van der Waals surface area contributed by atoms with Crippen LogP contribution in [0.3, 0.4) is 0 Å². The van der Waals surface area contributed by atoms with E-state index in [0.717, 1.165) is 18.8 Å². The Hall–Kier alpha value is -1.06. The van der Waals surface area contributed by atoms with Gasteiger partial charge in [-0.1, -0.05) is 25.7 Å². The molecule has 0 aliphatic heterocycles. The number of carboxylic acid groups (broad SMARTS) is 1. The molecule has 0 heterocycles. The number of carbonyl (C=O) groups excluding carboxylic acids is 1. The maximum absolute atomic E-state index is 11.6. The minimum atomic E-state index is -1.33. The van der Waals surface area contributed by atoms with Crippen LogP contribution in [0.25, 0.3) is 0 Å². The molecule has 4 nitrogen and oxygen atoms in total. The van der Waals surface area contributed by atoms with Gasteiger partial charge in [0.25, 0.3) is 0 Å². The fourth-order valence-electron chi connectivity index (χ4n) is 2.21. The molecule has 0 aromatic heterocycles. The van der Waals surface area contributed by atoms with Crippen LogP contribution in [-0.2, 0) is 9.59 Å². The second-order valence-electron chi connectivity index (χ2n) is 5.48. The number of amides is 1. The second-order valence-corrected chi connectivity index (χ2v) is 5.48. The quantitative estimate of drug-likeness (QED) is 0.553. The summed E-state index contributed by atoms with van der Waals surface area (Å²) < 4.78 is 0. The molecule has 2 N–H and O–H groups in total. The van der Waals surface area contributed by atoms with E-state index in [0.29, 0.717) is 6.54 Å². The molecule has 1 saturated carbocycles. The largest absolute Gasteiger partial charge is 0.480 e. The van der Waals surface area contributed by atoms with Crippen molar-refractivity contribution < 1.29 is 14.7 Å². The summed E-state index contributed by atoms with van der Waals surface area (Å²) in [5.41, 5.74) is -1.33. The Morgan fingerprint density at radius 3 is 2.41 bits per heavy atom. The molecule has 0 aromatic carbocycles. The van der Waals surface area contributed by atoms with Crippen LogP contribution in [0.15, 0.2) is 0 Å². The fraction of sp³-hybridized carbons (Fsp3) is 0.846. The Morgan fingerprint density at radius 2 is 1.88 bits per heavy atom. The number of carboxylic acids is 1. The molecule has 1 aliphatic rings. The number of nitrogens with one attached hydrogen (secondary N) is 1. The van der Waals surface area contributed by atoms with Crippen molar-refractivity contribution in [3.05, 3.63) is 0 Å². The Kier molecular flexibility index (Phi) is 4.97. The monoisotopic (exact) mass is 241 g/mol. The molecule has 0 saturated heterocycles. The molecule has 1 aliphatic carbocycles. The van der Waals surface area contributed by atoms with Gasteiger partial charge in [0.05, 0.1) is 0 Å². The average molecular weight is 241 g/mol. The van der Waals surface area contributed by atoms with E-state index in [-0.39, 0.29) is 0 Å². The van der Waals surface area contributed by atoms with Crippen LogP contribution < -0.4 is 5.32 Å².